The van der Waals surface area contributed by atoms with E-state index in [9.17, 15) is 9.59 Å². The van der Waals surface area contributed by atoms with E-state index in [1.54, 1.807) is 6.92 Å². The number of nitrogens with one attached hydrogen (secondary N) is 3. The molecule has 0 spiro atoms. The van der Waals surface area contributed by atoms with Gasteiger partial charge in [0.05, 0.1) is 11.5 Å². The number of rotatable bonds is 6. The lowest BCUT2D eigenvalue weighted by atomic mass is 10.4. The van der Waals surface area contributed by atoms with Crippen molar-refractivity contribution >= 4 is 17.2 Å². The zero-order valence-corrected chi connectivity index (χ0v) is 11.4. The summed E-state index contributed by atoms with van der Waals surface area (Å²) in [7, 11) is 1.89. The minimum absolute atomic E-state index is 0.283. The fourth-order valence-corrected chi connectivity index (χ4v) is 1.68. The van der Waals surface area contributed by atoms with E-state index in [1.165, 1.54) is 10.8 Å². The van der Waals surface area contributed by atoms with Crippen molar-refractivity contribution in [2.45, 2.75) is 19.9 Å². The maximum absolute atomic E-state index is 11.5. The molecule has 6 nitrogen and oxygen atoms in total. The molecule has 0 fully saturated rings. The summed E-state index contributed by atoms with van der Waals surface area (Å²) >= 11 is 5.14. The van der Waals surface area contributed by atoms with Crippen molar-refractivity contribution in [1.29, 1.82) is 0 Å². The number of aryl methyl sites for hydroxylation is 1. The molecule has 0 saturated heterocycles. The van der Waals surface area contributed by atoms with Gasteiger partial charge in [-0.15, -0.1) is 0 Å². The van der Waals surface area contributed by atoms with Crippen LogP contribution in [-0.2, 0) is 6.54 Å². The monoisotopic (exact) mass is 270 g/mol. The molecule has 3 N–H and O–H groups in total. The number of aromatic amines is 1. The minimum atomic E-state index is -0.440. The smallest absolute Gasteiger partial charge is 0.328 e. The van der Waals surface area contributed by atoms with Crippen LogP contribution in [0.4, 0.5) is 0 Å². The van der Waals surface area contributed by atoms with Gasteiger partial charge in [0.2, 0.25) is 0 Å². The third-order valence-corrected chi connectivity index (χ3v) is 2.70. The van der Waals surface area contributed by atoms with Gasteiger partial charge in [0, 0.05) is 18.3 Å². The molecule has 0 unspecified atom stereocenters. The highest BCUT2D eigenvalue weighted by Gasteiger charge is 2.03. The van der Waals surface area contributed by atoms with Crippen molar-refractivity contribution in [2.24, 2.45) is 0 Å². The molecule has 0 aromatic carbocycles. The summed E-state index contributed by atoms with van der Waals surface area (Å²) in [6.45, 7) is 3.60. The Morgan fingerprint density at radius 2 is 2.17 bits per heavy atom. The van der Waals surface area contributed by atoms with E-state index in [2.05, 4.69) is 15.6 Å². The first kappa shape index (κ1) is 14.6. The molecule has 0 amide bonds. The topological polar surface area (TPSA) is 78.9 Å². The van der Waals surface area contributed by atoms with Gasteiger partial charge in [0.15, 0.2) is 0 Å². The molecule has 1 rings (SSSR count). The molecule has 7 heteroatoms. The van der Waals surface area contributed by atoms with Gasteiger partial charge < -0.3 is 10.6 Å². The molecule has 0 aliphatic carbocycles. The van der Waals surface area contributed by atoms with Gasteiger partial charge in [-0.3, -0.25) is 14.3 Å². The lowest BCUT2D eigenvalue weighted by Crippen LogP contribution is -2.36. The maximum Gasteiger partial charge on any atom is 0.328 e. The number of hydrogen-bond acceptors (Lipinski definition) is 4. The van der Waals surface area contributed by atoms with Gasteiger partial charge in [-0.1, -0.05) is 12.2 Å². The average molecular weight is 270 g/mol. The zero-order chi connectivity index (χ0) is 13.5. The van der Waals surface area contributed by atoms with Crippen LogP contribution in [0.3, 0.4) is 0 Å². The first-order valence-electron chi connectivity index (χ1n) is 5.76. The molecule has 0 aliphatic heterocycles. The molecular formula is C11H18N4O2S. The molecule has 1 heterocycles. The minimum Gasteiger partial charge on any atom is -0.378 e. The van der Waals surface area contributed by atoms with Crippen LogP contribution in [0.5, 0.6) is 0 Å². The Hall–Kier alpha value is -1.47. The Labute approximate surface area is 110 Å². The molecule has 18 heavy (non-hydrogen) atoms. The van der Waals surface area contributed by atoms with E-state index >= 15 is 0 Å². The fraction of sp³-hybridized carbons (Fsp3) is 0.545. The predicted octanol–water partition coefficient (Wildman–Crippen LogP) is -0.628. The van der Waals surface area contributed by atoms with Crippen LogP contribution < -0.4 is 21.9 Å². The molecule has 0 saturated carbocycles. The zero-order valence-electron chi connectivity index (χ0n) is 10.6. The Morgan fingerprint density at radius 1 is 1.44 bits per heavy atom. The predicted molar refractivity (Wildman–Crippen MR) is 75.2 cm³/mol. The van der Waals surface area contributed by atoms with Gasteiger partial charge >= 0.3 is 5.69 Å². The number of nitrogens with zero attached hydrogens (tertiary/aromatic N) is 1. The van der Waals surface area contributed by atoms with E-state index in [0.29, 0.717) is 10.6 Å². The van der Waals surface area contributed by atoms with E-state index < -0.39 is 5.69 Å². The average Bonchev–Trinajstić information content (AvgIpc) is 2.32. The summed E-state index contributed by atoms with van der Waals surface area (Å²) in [6, 6.07) is 0. The van der Waals surface area contributed by atoms with Crippen molar-refractivity contribution in [3.8, 4) is 0 Å². The van der Waals surface area contributed by atoms with Gasteiger partial charge in [-0.05, 0) is 26.9 Å². The Balaban J connectivity index is 2.57. The summed E-state index contributed by atoms with van der Waals surface area (Å²) in [5.41, 5.74) is -0.304. The van der Waals surface area contributed by atoms with Crippen LogP contribution in [0.15, 0.2) is 15.8 Å². The second-order valence-electron chi connectivity index (χ2n) is 4.01. The number of hydrogen-bond donors (Lipinski definition) is 3. The van der Waals surface area contributed by atoms with Crippen molar-refractivity contribution in [1.82, 2.24) is 20.2 Å². The standard InChI is InChI=1S/C11H18N4O2S/c1-8-6-15(11(17)14-10(8)16)7-9(18)13-5-3-4-12-2/h6,12H,3-5,7H2,1-2H3,(H,13,18)(H,14,16,17). The normalized spacial score (nSPS) is 10.3. The van der Waals surface area contributed by atoms with Crippen LogP contribution in [-0.4, -0.2) is 34.7 Å². The molecule has 0 atom stereocenters. The summed E-state index contributed by atoms with van der Waals surface area (Å²) in [6.07, 6.45) is 2.47. The van der Waals surface area contributed by atoms with Crippen molar-refractivity contribution in [3.63, 3.8) is 0 Å². The molecule has 0 bridgehead atoms. The number of aromatic nitrogens is 2. The quantitative estimate of drug-likeness (QED) is 0.474. The fourth-order valence-electron chi connectivity index (χ4n) is 1.44. The highest BCUT2D eigenvalue weighted by Crippen LogP contribution is 1.86. The van der Waals surface area contributed by atoms with Crippen molar-refractivity contribution in [3.05, 3.63) is 32.6 Å². The van der Waals surface area contributed by atoms with Gasteiger partial charge in [-0.2, -0.15) is 0 Å². The van der Waals surface area contributed by atoms with Crippen LogP contribution in [0, 0.1) is 6.92 Å². The molecule has 1 aromatic heterocycles. The highest BCUT2D eigenvalue weighted by molar-refractivity contribution is 7.80. The number of H-pyrrole nitrogens is 1. The molecule has 0 radical (unpaired) electrons. The van der Waals surface area contributed by atoms with E-state index in [-0.39, 0.29) is 12.1 Å². The summed E-state index contributed by atoms with van der Waals surface area (Å²) in [4.78, 5) is 25.5. The molecule has 100 valence electrons. The summed E-state index contributed by atoms with van der Waals surface area (Å²) in [5.74, 6) is 0. The Morgan fingerprint density at radius 3 is 2.83 bits per heavy atom. The third-order valence-electron chi connectivity index (χ3n) is 2.43. The SMILES string of the molecule is CNCCCNC(=S)Cn1cc(C)c(=O)[nH]c1=O. The third kappa shape index (κ3) is 4.42. The van der Waals surface area contributed by atoms with E-state index in [1.807, 2.05) is 7.05 Å². The molecular weight excluding hydrogens is 252 g/mol. The summed E-state index contributed by atoms with van der Waals surface area (Å²) < 4.78 is 1.39. The lowest BCUT2D eigenvalue weighted by Gasteiger charge is -2.09. The van der Waals surface area contributed by atoms with E-state index in [0.717, 1.165) is 19.5 Å². The second kappa shape index (κ2) is 7.07. The Bertz CT molecular complexity index is 521. The largest absolute Gasteiger partial charge is 0.378 e. The van der Waals surface area contributed by atoms with Crippen LogP contribution in [0.2, 0.25) is 0 Å². The lowest BCUT2D eigenvalue weighted by molar-refractivity contribution is 0.688. The second-order valence-corrected chi connectivity index (χ2v) is 4.50. The first-order chi connectivity index (χ1) is 8.54. The van der Waals surface area contributed by atoms with Crippen molar-refractivity contribution < 1.29 is 0 Å². The Kier molecular flexibility index (Phi) is 5.73. The van der Waals surface area contributed by atoms with Crippen LogP contribution >= 0.6 is 12.2 Å². The van der Waals surface area contributed by atoms with Gasteiger partial charge in [0.1, 0.15) is 0 Å². The molecule has 0 aliphatic rings. The van der Waals surface area contributed by atoms with Gasteiger partial charge in [0.25, 0.3) is 5.56 Å². The van der Waals surface area contributed by atoms with Crippen LogP contribution in [0.1, 0.15) is 12.0 Å². The summed E-state index contributed by atoms with van der Waals surface area (Å²) in [5, 5.41) is 6.10. The number of thiocarbonyl (C=S) groups is 1. The highest BCUT2D eigenvalue weighted by atomic mass is 32.1. The van der Waals surface area contributed by atoms with Crippen LogP contribution in [0.25, 0.3) is 0 Å². The van der Waals surface area contributed by atoms with Crippen molar-refractivity contribution in [2.75, 3.05) is 20.1 Å². The molecule has 1 aromatic rings. The first-order valence-corrected chi connectivity index (χ1v) is 6.17. The van der Waals surface area contributed by atoms with Gasteiger partial charge in [-0.25, -0.2) is 4.79 Å². The van der Waals surface area contributed by atoms with E-state index in [4.69, 9.17) is 12.2 Å². The maximum atomic E-state index is 11.5.